The van der Waals surface area contributed by atoms with E-state index in [4.69, 9.17) is 23.4 Å². The average molecular weight is 469 g/mol. The van der Waals surface area contributed by atoms with Crippen molar-refractivity contribution < 1.29 is 33.0 Å². The first-order valence-corrected chi connectivity index (χ1v) is 10.9. The Balaban J connectivity index is 1.83. The zero-order valence-corrected chi connectivity index (χ0v) is 19.6. The number of amides is 2. The van der Waals surface area contributed by atoms with Crippen LogP contribution in [0.1, 0.15) is 41.7 Å². The average Bonchev–Trinajstić information content (AvgIpc) is 3.37. The van der Waals surface area contributed by atoms with Crippen LogP contribution in [0.15, 0.2) is 53.1 Å². The van der Waals surface area contributed by atoms with Gasteiger partial charge in [-0.3, -0.25) is 9.59 Å². The highest BCUT2D eigenvalue weighted by Gasteiger charge is 2.19. The van der Waals surface area contributed by atoms with Crippen LogP contribution >= 0.6 is 0 Å². The molecule has 1 aromatic heterocycles. The minimum atomic E-state index is -0.415. The van der Waals surface area contributed by atoms with Gasteiger partial charge in [0.15, 0.2) is 17.3 Å². The zero-order chi connectivity index (χ0) is 24.5. The number of ether oxygens (including phenoxy) is 4. The van der Waals surface area contributed by atoms with Crippen LogP contribution in [0.5, 0.6) is 23.0 Å². The van der Waals surface area contributed by atoms with E-state index in [1.807, 2.05) is 20.8 Å². The van der Waals surface area contributed by atoms with Crippen LogP contribution in [0.25, 0.3) is 0 Å². The van der Waals surface area contributed by atoms with E-state index in [1.165, 1.54) is 13.4 Å². The Hall–Kier alpha value is -4.14. The van der Waals surface area contributed by atoms with Crippen LogP contribution in [0.2, 0.25) is 0 Å². The molecule has 3 aromatic rings. The minimum Gasteiger partial charge on any atom is -0.494 e. The van der Waals surface area contributed by atoms with Crippen molar-refractivity contribution in [2.75, 3.05) is 37.6 Å². The fraction of sp³-hybridized carbons (Fsp3) is 0.280. The van der Waals surface area contributed by atoms with Crippen molar-refractivity contribution in [1.29, 1.82) is 0 Å². The van der Waals surface area contributed by atoms with Crippen molar-refractivity contribution in [2.45, 2.75) is 20.8 Å². The second kappa shape index (κ2) is 11.6. The molecule has 0 atom stereocenters. The summed E-state index contributed by atoms with van der Waals surface area (Å²) in [6, 6.07) is 11.3. The number of hydrogen-bond acceptors (Lipinski definition) is 7. The highest BCUT2D eigenvalue weighted by atomic mass is 16.5. The third-order valence-electron chi connectivity index (χ3n) is 4.62. The van der Waals surface area contributed by atoms with Crippen molar-refractivity contribution in [1.82, 2.24) is 0 Å². The predicted molar refractivity (Wildman–Crippen MR) is 128 cm³/mol. The van der Waals surface area contributed by atoms with Gasteiger partial charge >= 0.3 is 0 Å². The van der Waals surface area contributed by atoms with Crippen molar-refractivity contribution in [2.24, 2.45) is 0 Å². The van der Waals surface area contributed by atoms with Crippen molar-refractivity contribution in [3.63, 3.8) is 0 Å². The SMILES string of the molecule is CCOc1cc(C(=O)Nc2ccc(NC(=O)c3ccco3)c(OC)c2)cc(OCC)c1OCC. The lowest BCUT2D eigenvalue weighted by atomic mass is 10.1. The molecule has 3 rings (SSSR count). The predicted octanol–water partition coefficient (Wildman–Crippen LogP) is 4.99. The molecular weight excluding hydrogens is 440 g/mol. The van der Waals surface area contributed by atoms with Gasteiger partial charge in [0.05, 0.1) is 38.9 Å². The second-order valence-electron chi connectivity index (χ2n) is 6.90. The van der Waals surface area contributed by atoms with Crippen LogP contribution in [-0.2, 0) is 0 Å². The molecule has 0 spiro atoms. The van der Waals surface area contributed by atoms with Gasteiger partial charge in [0, 0.05) is 17.3 Å². The summed E-state index contributed by atoms with van der Waals surface area (Å²) in [5, 5.41) is 5.55. The molecule has 0 fully saturated rings. The van der Waals surface area contributed by atoms with Gasteiger partial charge in [0.25, 0.3) is 11.8 Å². The monoisotopic (exact) mass is 468 g/mol. The van der Waals surface area contributed by atoms with Crippen LogP contribution in [0.3, 0.4) is 0 Å². The van der Waals surface area contributed by atoms with Gasteiger partial charge in [0.2, 0.25) is 5.75 Å². The van der Waals surface area contributed by atoms with Crippen LogP contribution in [0, 0.1) is 0 Å². The number of methoxy groups -OCH3 is 1. The van der Waals surface area contributed by atoms with E-state index in [1.54, 1.807) is 42.5 Å². The molecule has 34 heavy (non-hydrogen) atoms. The maximum atomic E-state index is 13.0. The summed E-state index contributed by atoms with van der Waals surface area (Å²) >= 11 is 0. The number of hydrogen-bond donors (Lipinski definition) is 2. The van der Waals surface area contributed by atoms with E-state index in [-0.39, 0.29) is 11.7 Å². The van der Waals surface area contributed by atoms with Gasteiger partial charge < -0.3 is 34.0 Å². The van der Waals surface area contributed by atoms with Crippen LogP contribution in [-0.4, -0.2) is 38.7 Å². The normalized spacial score (nSPS) is 10.4. The van der Waals surface area contributed by atoms with Gasteiger partial charge in [-0.15, -0.1) is 0 Å². The molecule has 1 heterocycles. The molecule has 0 unspecified atom stereocenters. The van der Waals surface area contributed by atoms with Gasteiger partial charge in [-0.2, -0.15) is 0 Å². The first-order valence-electron chi connectivity index (χ1n) is 10.9. The highest BCUT2D eigenvalue weighted by molar-refractivity contribution is 6.06. The maximum Gasteiger partial charge on any atom is 0.291 e. The summed E-state index contributed by atoms with van der Waals surface area (Å²) < 4.78 is 27.5. The van der Waals surface area contributed by atoms with Crippen molar-refractivity contribution in [3.8, 4) is 23.0 Å². The molecule has 0 saturated carbocycles. The lowest BCUT2D eigenvalue weighted by Crippen LogP contribution is -2.14. The Morgan fingerprint density at radius 1 is 0.824 bits per heavy atom. The molecule has 2 aromatic carbocycles. The Morgan fingerprint density at radius 3 is 2.06 bits per heavy atom. The van der Waals surface area contributed by atoms with Crippen molar-refractivity contribution in [3.05, 3.63) is 60.1 Å². The van der Waals surface area contributed by atoms with Crippen LogP contribution in [0.4, 0.5) is 11.4 Å². The lowest BCUT2D eigenvalue weighted by Gasteiger charge is -2.17. The summed E-state index contributed by atoms with van der Waals surface area (Å²) in [7, 11) is 1.47. The van der Waals surface area contributed by atoms with Crippen molar-refractivity contribution >= 4 is 23.2 Å². The first-order chi connectivity index (χ1) is 16.5. The molecule has 2 amide bonds. The minimum absolute atomic E-state index is 0.171. The molecule has 9 nitrogen and oxygen atoms in total. The summed E-state index contributed by atoms with van der Waals surface area (Å²) in [6.45, 7) is 6.79. The number of furan rings is 1. The molecule has 180 valence electrons. The third-order valence-corrected chi connectivity index (χ3v) is 4.62. The van der Waals surface area contributed by atoms with Crippen LogP contribution < -0.4 is 29.6 Å². The Bertz CT molecular complexity index is 1100. The Kier molecular flexibility index (Phi) is 8.39. The third kappa shape index (κ3) is 5.80. The molecular formula is C25H28N2O7. The quantitative estimate of drug-likeness (QED) is 0.408. The number of anilines is 2. The van der Waals surface area contributed by atoms with Gasteiger partial charge in [-0.25, -0.2) is 0 Å². The number of carbonyl (C=O) groups is 2. The molecule has 0 radical (unpaired) electrons. The molecule has 2 N–H and O–H groups in total. The topological polar surface area (TPSA) is 108 Å². The fourth-order valence-electron chi connectivity index (χ4n) is 3.19. The summed E-state index contributed by atoms with van der Waals surface area (Å²) in [5.74, 6) is 1.06. The van der Waals surface area contributed by atoms with Gasteiger partial charge in [0.1, 0.15) is 5.75 Å². The largest absolute Gasteiger partial charge is 0.494 e. The van der Waals surface area contributed by atoms with E-state index in [0.29, 0.717) is 59.8 Å². The van der Waals surface area contributed by atoms with E-state index in [9.17, 15) is 9.59 Å². The maximum absolute atomic E-state index is 13.0. The van der Waals surface area contributed by atoms with E-state index in [2.05, 4.69) is 10.6 Å². The molecule has 0 bridgehead atoms. The molecule has 0 saturated heterocycles. The molecule has 0 aliphatic heterocycles. The Morgan fingerprint density at radius 2 is 1.50 bits per heavy atom. The smallest absolute Gasteiger partial charge is 0.291 e. The van der Waals surface area contributed by atoms with E-state index in [0.717, 1.165) is 0 Å². The standard InChI is InChI=1S/C25H28N2O7/c1-5-31-21-13-16(14-22(32-6-2)23(21)33-7-3)24(28)26-17-10-11-18(20(15-17)30-4)27-25(29)19-9-8-12-34-19/h8-15H,5-7H2,1-4H3,(H,26,28)(H,27,29). The first kappa shape index (κ1) is 24.5. The number of carbonyl (C=O) groups excluding carboxylic acids is 2. The summed E-state index contributed by atoms with van der Waals surface area (Å²) in [4.78, 5) is 25.3. The van der Waals surface area contributed by atoms with Gasteiger partial charge in [-0.1, -0.05) is 0 Å². The number of nitrogens with one attached hydrogen (secondary N) is 2. The summed E-state index contributed by atoms with van der Waals surface area (Å²) in [5.41, 5.74) is 1.24. The van der Waals surface area contributed by atoms with E-state index < -0.39 is 5.91 Å². The second-order valence-corrected chi connectivity index (χ2v) is 6.90. The fourth-order valence-corrected chi connectivity index (χ4v) is 3.19. The lowest BCUT2D eigenvalue weighted by molar-refractivity contribution is 0.0994. The Labute approximate surface area is 198 Å². The number of benzene rings is 2. The molecule has 9 heteroatoms. The highest BCUT2D eigenvalue weighted by Crippen LogP contribution is 2.39. The molecule has 0 aliphatic rings. The van der Waals surface area contributed by atoms with Gasteiger partial charge in [-0.05, 0) is 57.2 Å². The zero-order valence-electron chi connectivity index (χ0n) is 19.6. The number of rotatable bonds is 11. The van der Waals surface area contributed by atoms with E-state index >= 15 is 0 Å². The molecule has 0 aliphatic carbocycles. The summed E-state index contributed by atoms with van der Waals surface area (Å²) in [6.07, 6.45) is 1.42.